The van der Waals surface area contributed by atoms with Crippen LogP contribution in [0.4, 0.5) is 4.39 Å². The van der Waals surface area contributed by atoms with Gasteiger partial charge in [0.15, 0.2) is 6.61 Å². The average Bonchev–Trinajstić information content (AvgIpc) is 2.76. The SMILES string of the molecule is CC[C@H](C)NC(=O)[C@@H](C)N(Cc1ccc(F)cc1)C(=O)COc1ccc(C(C)C)cc1. The van der Waals surface area contributed by atoms with Crippen molar-refractivity contribution in [3.8, 4) is 5.75 Å². The normalized spacial score (nSPS) is 12.9. The molecule has 0 aliphatic heterocycles. The number of benzene rings is 2. The van der Waals surface area contributed by atoms with Crippen molar-refractivity contribution in [1.29, 1.82) is 0 Å². The first-order chi connectivity index (χ1) is 14.7. The summed E-state index contributed by atoms with van der Waals surface area (Å²) in [7, 11) is 0. The van der Waals surface area contributed by atoms with Crippen LogP contribution < -0.4 is 10.1 Å². The lowest BCUT2D eigenvalue weighted by Gasteiger charge is -2.29. The van der Waals surface area contributed by atoms with Gasteiger partial charge in [-0.1, -0.05) is 45.0 Å². The van der Waals surface area contributed by atoms with Crippen LogP contribution in [0.15, 0.2) is 48.5 Å². The molecule has 0 heterocycles. The highest BCUT2D eigenvalue weighted by Gasteiger charge is 2.27. The molecular weight excluding hydrogens is 395 g/mol. The molecule has 5 nitrogen and oxygen atoms in total. The fraction of sp³-hybridized carbons (Fsp3) is 0.440. The quantitative estimate of drug-likeness (QED) is 0.599. The molecule has 2 amide bonds. The first kappa shape index (κ1) is 24.4. The standard InChI is InChI=1S/C25H33FN2O3/c1-6-18(4)27-25(30)19(5)28(15-20-7-11-22(26)12-8-20)24(29)16-31-23-13-9-21(10-14-23)17(2)3/h7-14,17-19H,6,15-16H2,1-5H3,(H,27,30)/t18-,19+/m0/s1. The Kier molecular flexibility index (Phi) is 9.03. The first-order valence-corrected chi connectivity index (χ1v) is 10.8. The number of halogens is 1. The van der Waals surface area contributed by atoms with Crippen molar-refractivity contribution in [2.24, 2.45) is 0 Å². The van der Waals surface area contributed by atoms with E-state index in [-0.39, 0.29) is 36.8 Å². The third-order valence-electron chi connectivity index (χ3n) is 5.34. The number of rotatable bonds is 10. The summed E-state index contributed by atoms with van der Waals surface area (Å²) in [4.78, 5) is 27.1. The molecule has 2 aromatic carbocycles. The lowest BCUT2D eigenvalue weighted by molar-refractivity contribution is -0.142. The van der Waals surface area contributed by atoms with Crippen molar-refractivity contribution < 1.29 is 18.7 Å². The number of amides is 2. The van der Waals surface area contributed by atoms with Gasteiger partial charge in [0.05, 0.1) is 0 Å². The van der Waals surface area contributed by atoms with Crippen LogP contribution in [-0.4, -0.2) is 35.4 Å². The molecule has 0 spiro atoms. The van der Waals surface area contributed by atoms with Gasteiger partial charge < -0.3 is 15.0 Å². The van der Waals surface area contributed by atoms with E-state index in [2.05, 4.69) is 19.2 Å². The zero-order valence-electron chi connectivity index (χ0n) is 19.0. The van der Waals surface area contributed by atoms with Gasteiger partial charge in [0, 0.05) is 12.6 Å². The molecule has 0 unspecified atom stereocenters. The monoisotopic (exact) mass is 428 g/mol. The summed E-state index contributed by atoms with van der Waals surface area (Å²) in [5.74, 6) is 0.107. The van der Waals surface area contributed by atoms with Crippen molar-refractivity contribution in [2.45, 2.75) is 65.6 Å². The summed E-state index contributed by atoms with van der Waals surface area (Å²) >= 11 is 0. The molecule has 0 aliphatic rings. The highest BCUT2D eigenvalue weighted by atomic mass is 19.1. The second kappa shape index (κ2) is 11.5. The number of nitrogens with one attached hydrogen (secondary N) is 1. The number of carbonyl (C=O) groups is 2. The van der Waals surface area contributed by atoms with E-state index in [0.29, 0.717) is 11.7 Å². The fourth-order valence-corrected chi connectivity index (χ4v) is 3.01. The molecule has 31 heavy (non-hydrogen) atoms. The van der Waals surface area contributed by atoms with E-state index in [4.69, 9.17) is 4.74 Å². The summed E-state index contributed by atoms with van der Waals surface area (Å²) in [6, 6.07) is 12.8. The van der Waals surface area contributed by atoms with Crippen LogP contribution in [0.3, 0.4) is 0 Å². The van der Waals surface area contributed by atoms with Crippen molar-refractivity contribution in [1.82, 2.24) is 10.2 Å². The smallest absolute Gasteiger partial charge is 0.261 e. The lowest BCUT2D eigenvalue weighted by Crippen LogP contribution is -2.50. The van der Waals surface area contributed by atoms with Crippen molar-refractivity contribution >= 4 is 11.8 Å². The largest absolute Gasteiger partial charge is 0.484 e. The van der Waals surface area contributed by atoms with Gasteiger partial charge in [-0.2, -0.15) is 0 Å². The van der Waals surface area contributed by atoms with Crippen LogP contribution in [0.25, 0.3) is 0 Å². The van der Waals surface area contributed by atoms with Gasteiger partial charge in [-0.05, 0) is 61.6 Å². The second-order valence-corrected chi connectivity index (χ2v) is 8.15. The molecule has 168 valence electrons. The summed E-state index contributed by atoms with van der Waals surface area (Å²) < 4.78 is 19.0. The number of hydrogen-bond donors (Lipinski definition) is 1. The first-order valence-electron chi connectivity index (χ1n) is 10.8. The number of hydrogen-bond acceptors (Lipinski definition) is 3. The molecule has 6 heteroatoms. The minimum Gasteiger partial charge on any atom is -0.484 e. The van der Waals surface area contributed by atoms with Crippen molar-refractivity contribution in [3.05, 3.63) is 65.5 Å². The van der Waals surface area contributed by atoms with Crippen LogP contribution in [0.1, 0.15) is 58.1 Å². The van der Waals surface area contributed by atoms with E-state index in [9.17, 15) is 14.0 Å². The maximum atomic E-state index is 13.3. The molecule has 2 aromatic rings. The number of ether oxygens (including phenoxy) is 1. The Hall–Kier alpha value is -2.89. The van der Waals surface area contributed by atoms with Crippen molar-refractivity contribution in [2.75, 3.05) is 6.61 Å². The molecule has 0 fully saturated rings. The summed E-state index contributed by atoms with van der Waals surface area (Å²) in [6.07, 6.45) is 0.792. The Balaban J connectivity index is 2.12. The highest BCUT2D eigenvalue weighted by Crippen LogP contribution is 2.19. The molecule has 0 saturated heterocycles. The molecular formula is C25H33FN2O3. The molecule has 0 aliphatic carbocycles. The molecule has 0 bridgehead atoms. The van der Waals surface area contributed by atoms with Crippen LogP contribution >= 0.6 is 0 Å². The van der Waals surface area contributed by atoms with Crippen LogP contribution in [0, 0.1) is 5.82 Å². The minimum atomic E-state index is -0.696. The Morgan fingerprint density at radius 1 is 1.00 bits per heavy atom. The van der Waals surface area contributed by atoms with Gasteiger partial charge in [-0.25, -0.2) is 4.39 Å². The average molecular weight is 429 g/mol. The van der Waals surface area contributed by atoms with Crippen LogP contribution in [-0.2, 0) is 16.1 Å². The van der Waals surface area contributed by atoms with E-state index in [1.807, 2.05) is 38.1 Å². The molecule has 2 rings (SSSR count). The predicted molar refractivity (Wildman–Crippen MR) is 120 cm³/mol. The fourth-order valence-electron chi connectivity index (χ4n) is 3.01. The zero-order chi connectivity index (χ0) is 23.0. The third kappa shape index (κ3) is 7.39. The van der Waals surface area contributed by atoms with Gasteiger partial charge in [0.25, 0.3) is 5.91 Å². The van der Waals surface area contributed by atoms with Gasteiger partial charge in [0.2, 0.25) is 5.91 Å². The Bertz CT molecular complexity index is 850. The van der Waals surface area contributed by atoms with Gasteiger partial charge in [0.1, 0.15) is 17.6 Å². The van der Waals surface area contributed by atoms with Gasteiger partial charge in [-0.3, -0.25) is 9.59 Å². The molecule has 0 aromatic heterocycles. The maximum Gasteiger partial charge on any atom is 0.261 e. The van der Waals surface area contributed by atoms with E-state index >= 15 is 0 Å². The topological polar surface area (TPSA) is 58.6 Å². The third-order valence-corrected chi connectivity index (χ3v) is 5.34. The Labute approximate surface area is 184 Å². The molecule has 0 radical (unpaired) electrons. The van der Waals surface area contributed by atoms with E-state index in [1.165, 1.54) is 22.6 Å². The Morgan fingerprint density at radius 2 is 1.61 bits per heavy atom. The van der Waals surface area contributed by atoms with E-state index < -0.39 is 6.04 Å². The van der Waals surface area contributed by atoms with E-state index in [1.54, 1.807) is 19.1 Å². The second-order valence-electron chi connectivity index (χ2n) is 8.15. The van der Waals surface area contributed by atoms with Gasteiger partial charge >= 0.3 is 0 Å². The zero-order valence-corrected chi connectivity index (χ0v) is 19.0. The minimum absolute atomic E-state index is 0.00782. The van der Waals surface area contributed by atoms with E-state index in [0.717, 1.165) is 12.0 Å². The highest BCUT2D eigenvalue weighted by molar-refractivity contribution is 5.88. The summed E-state index contributed by atoms with van der Waals surface area (Å²) in [6.45, 7) is 9.80. The van der Waals surface area contributed by atoms with Crippen LogP contribution in [0.5, 0.6) is 5.75 Å². The maximum absolute atomic E-state index is 13.3. The molecule has 0 saturated carbocycles. The number of nitrogens with zero attached hydrogens (tertiary/aromatic N) is 1. The predicted octanol–water partition coefficient (Wildman–Crippen LogP) is 4.66. The van der Waals surface area contributed by atoms with Crippen molar-refractivity contribution in [3.63, 3.8) is 0 Å². The summed E-state index contributed by atoms with van der Waals surface area (Å²) in [5.41, 5.74) is 1.92. The molecule has 1 N–H and O–H groups in total. The van der Waals surface area contributed by atoms with Crippen LogP contribution in [0.2, 0.25) is 0 Å². The number of carbonyl (C=O) groups excluding carboxylic acids is 2. The summed E-state index contributed by atoms with van der Waals surface area (Å²) in [5, 5.41) is 2.92. The van der Waals surface area contributed by atoms with Gasteiger partial charge in [-0.15, -0.1) is 0 Å². The lowest BCUT2D eigenvalue weighted by atomic mass is 10.0. The molecule has 2 atom stereocenters. The Morgan fingerprint density at radius 3 is 2.16 bits per heavy atom.